The molecule has 1 aliphatic carbocycles. The van der Waals surface area contributed by atoms with E-state index in [0.29, 0.717) is 23.7 Å². The van der Waals surface area contributed by atoms with E-state index in [9.17, 15) is 31.2 Å². The molecule has 0 bridgehead atoms. The average Bonchev–Trinajstić information content (AvgIpc) is 3.34. The van der Waals surface area contributed by atoms with E-state index in [1.807, 2.05) is 0 Å². The second kappa shape index (κ2) is 10.6. The molecule has 8 nitrogen and oxygen atoms in total. The highest BCUT2D eigenvalue weighted by Gasteiger charge is 2.40. The highest BCUT2D eigenvalue weighted by atomic mass is 32.2. The molecule has 1 N–H and O–H groups in total. The Morgan fingerprint density at radius 2 is 1.89 bits per heavy atom. The number of nitrogens with one attached hydrogen (secondary N) is 1. The van der Waals surface area contributed by atoms with Crippen molar-refractivity contribution in [2.24, 2.45) is 5.92 Å². The Morgan fingerprint density at radius 3 is 2.54 bits per heavy atom. The number of rotatable bonds is 7. The Balaban J connectivity index is 1.53. The van der Waals surface area contributed by atoms with Crippen LogP contribution in [0, 0.1) is 23.4 Å². The van der Waals surface area contributed by atoms with Gasteiger partial charge in [-0.15, -0.1) is 11.3 Å². The van der Waals surface area contributed by atoms with Crippen molar-refractivity contribution in [3.63, 3.8) is 0 Å². The van der Waals surface area contributed by atoms with E-state index in [1.165, 1.54) is 16.2 Å². The molecular weight excluding hydrogens is 505 g/mol. The molecule has 1 aromatic heterocycles. The van der Waals surface area contributed by atoms with E-state index in [4.69, 9.17) is 0 Å². The zero-order valence-electron chi connectivity index (χ0n) is 18.8. The van der Waals surface area contributed by atoms with Gasteiger partial charge in [-0.05, 0) is 24.5 Å². The summed E-state index contributed by atoms with van der Waals surface area (Å²) in [5.74, 6) is -6.03. The highest BCUT2D eigenvalue weighted by Crippen LogP contribution is 2.31. The van der Waals surface area contributed by atoms with Crippen molar-refractivity contribution < 1.29 is 31.2 Å². The summed E-state index contributed by atoms with van der Waals surface area (Å²) in [5, 5.41) is 4.83. The van der Waals surface area contributed by atoms with Crippen LogP contribution < -0.4 is 5.32 Å². The van der Waals surface area contributed by atoms with Gasteiger partial charge in [0, 0.05) is 24.7 Å². The molecule has 2 fully saturated rings. The zero-order chi connectivity index (χ0) is 25.2. The molecule has 2 aromatic rings. The molecule has 0 spiro atoms. The molecule has 1 aliphatic heterocycles. The largest absolute Gasteiger partial charge is 0.328 e. The van der Waals surface area contributed by atoms with Crippen molar-refractivity contribution in [3.05, 3.63) is 41.2 Å². The normalized spacial score (nSPS) is 19.1. The van der Waals surface area contributed by atoms with Crippen LogP contribution in [0.5, 0.6) is 0 Å². The van der Waals surface area contributed by atoms with Gasteiger partial charge in [0.25, 0.3) is 0 Å². The summed E-state index contributed by atoms with van der Waals surface area (Å²) in [5.41, 5.74) is 0. The van der Waals surface area contributed by atoms with Crippen LogP contribution in [0.2, 0.25) is 0 Å². The number of carbonyl (C=O) groups is 2. The van der Waals surface area contributed by atoms with Crippen molar-refractivity contribution in [2.75, 3.05) is 25.0 Å². The van der Waals surface area contributed by atoms with Gasteiger partial charge in [-0.2, -0.15) is 4.31 Å². The molecule has 1 aromatic carbocycles. The second-order valence-electron chi connectivity index (χ2n) is 8.68. The molecule has 35 heavy (non-hydrogen) atoms. The summed E-state index contributed by atoms with van der Waals surface area (Å²) in [6.07, 6.45) is 7.09. The van der Waals surface area contributed by atoms with Crippen molar-refractivity contribution in [1.29, 1.82) is 0 Å². The smallest absolute Gasteiger partial charge is 0.248 e. The van der Waals surface area contributed by atoms with Gasteiger partial charge >= 0.3 is 0 Å². The molecule has 2 heterocycles. The number of sulfonamides is 1. The minimum Gasteiger partial charge on any atom is -0.328 e. The Bertz CT molecular complexity index is 1190. The highest BCUT2D eigenvalue weighted by molar-refractivity contribution is 7.89. The number of benzene rings is 1. The summed E-state index contributed by atoms with van der Waals surface area (Å²) >= 11 is 1.24. The summed E-state index contributed by atoms with van der Waals surface area (Å²) in [6.45, 7) is -0.975. The van der Waals surface area contributed by atoms with Crippen LogP contribution in [0.15, 0.2) is 28.6 Å². The van der Waals surface area contributed by atoms with Crippen LogP contribution in [0.3, 0.4) is 0 Å². The van der Waals surface area contributed by atoms with Crippen LogP contribution in [-0.2, 0) is 19.6 Å². The molecule has 2 aliphatic rings. The van der Waals surface area contributed by atoms with Gasteiger partial charge in [0.05, 0.1) is 6.54 Å². The molecule has 0 radical (unpaired) electrons. The van der Waals surface area contributed by atoms with Crippen molar-refractivity contribution >= 4 is 38.3 Å². The van der Waals surface area contributed by atoms with Crippen molar-refractivity contribution in [3.8, 4) is 0 Å². The van der Waals surface area contributed by atoms with Gasteiger partial charge in [0.15, 0.2) is 22.6 Å². The number of aromatic nitrogens is 1. The molecule has 2 amide bonds. The van der Waals surface area contributed by atoms with Gasteiger partial charge in [0.2, 0.25) is 21.8 Å². The van der Waals surface area contributed by atoms with Gasteiger partial charge < -0.3 is 10.2 Å². The quantitative estimate of drug-likeness (QED) is 0.554. The van der Waals surface area contributed by atoms with Gasteiger partial charge in [0.1, 0.15) is 10.9 Å². The van der Waals surface area contributed by atoms with E-state index in [2.05, 4.69) is 10.3 Å². The van der Waals surface area contributed by atoms with Crippen LogP contribution in [-0.4, -0.2) is 60.1 Å². The van der Waals surface area contributed by atoms with Crippen LogP contribution >= 0.6 is 11.3 Å². The summed E-state index contributed by atoms with van der Waals surface area (Å²) < 4.78 is 67.6. The van der Waals surface area contributed by atoms with Crippen LogP contribution in [0.4, 0.5) is 18.3 Å². The number of hydrogen-bond acceptors (Lipinski definition) is 6. The lowest BCUT2D eigenvalue weighted by Gasteiger charge is -2.39. The molecule has 0 unspecified atom stereocenters. The number of thiazole rings is 1. The number of nitrogens with zero attached hydrogens (tertiary/aromatic N) is 3. The molecule has 4 rings (SSSR count). The number of piperazine rings is 1. The first-order valence-corrected chi connectivity index (χ1v) is 13.6. The average molecular weight is 531 g/mol. The SMILES string of the molecule is O=C(Nc1nccs1)[C@H](CC1CCCCC1)N1CCN(S(=O)(=O)c2ccc(F)c(F)c2F)CC1=O. The number of hydrogen-bond donors (Lipinski definition) is 1. The first-order chi connectivity index (χ1) is 16.7. The zero-order valence-corrected chi connectivity index (χ0v) is 20.4. The van der Waals surface area contributed by atoms with Gasteiger partial charge in [-0.25, -0.2) is 26.6 Å². The van der Waals surface area contributed by atoms with E-state index >= 15 is 0 Å². The fourth-order valence-electron chi connectivity index (χ4n) is 4.63. The first-order valence-electron chi connectivity index (χ1n) is 11.3. The lowest BCUT2D eigenvalue weighted by atomic mass is 9.84. The Hall–Kier alpha value is -2.51. The van der Waals surface area contributed by atoms with E-state index in [-0.39, 0.29) is 19.0 Å². The molecule has 1 atom stereocenters. The molecule has 190 valence electrons. The topological polar surface area (TPSA) is 99.7 Å². The van der Waals surface area contributed by atoms with E-state index in [1.54, 1.807) is 11.6 Å². The maximum Gasteiger partial charge on any atom is 0.248 e. The van der Waals surface area contributed by atoms with Gasteiger partial charge in [-0.3, -0.25) is 9.59 Å². The fraction of sp³-hybridized carbons (Fsp3) is 0.500. The molecule has 13 heteroatoms. The summed E-state index contributed by atoms with van der Waals surface area (Å²) in [4.78, 5) is 30.6. The monoisotopic (exact) mass is 530 g/mol. The molecular formula is C22H25F3N4O4S2. The van der Waals surface area contributed by atoms with Gasteiger partial charge in [-0.1, -0.05) is 32.1 Å². The second-order valence-corrected chi connectivity index (χ2v) is 11.5. The minimum atomic E-state index is -4.61. The summed E-state index contributed by atoms with van der Waals surface area (Å²) in [7, 11) is -4.61. The maximum absolute atomic E-state index is 14.2. The Labute approximate surface area is 205 Å². The number of amides is 2. The van der Waals surface area contributed by atoms with Crippen molar-refractivity contribution in [2.45, 2.75) is 49.5 Å². The third-order valence-electron chi connectivity index (χ3n) is 6.46. The number of halogens is 3. The Kier molecular flexibility index (Phi) is 7.77. The third-order valence-corrected chi connectivity index (χ3v) is 9.01. The predicted octanol–water partition coefficient (Wildman–Crippen LogP) is 3.37. The fourth-order valence-corrected chi connectivity index (χ4v) is 6.60. The lowest BCUT2D eigenvalue weighted by Crippen LogP contribution is -2.58. The molecule has 1 saturated heterocycles. The first kappa shape index (κ1) is 25.6. The van der Waals surface area contributed by atoms with E-state index < -0.39 is 56.8 Å². The minimum absolute atomic E-state index is 0.105. The maximum atomic E-state index is 14.2. The van der Waals surface area contributed by atoms with Crippen LogP contribution in [0.1, 0.15) is 38.5 Å². The third kappa shape index (κ3) is 5.51. The summed E-state index contributed by atoms with van der Waals surface area (Å²) in [6, 6.07) is 0.333. The lowest BCUT2D eigenvalue weighted by molar-refractivity contribution is -0.142. The molecule has 1 saturated carbocycles. The number of carbonyl (C=O) groups excluding carboxylic acids is 2. The standard InChI is InChI=1S/C22H25F3N4O4S2/c23-15-6-7-17(20(25)19(15)24)35(32,33)28-9-10-29(18(30)13-28)16(12-14-4-2-1-3-5-14)21(31)27-22-26-8-11-34-22/h6-8,11,14,16H,1-5,9-10,12-13H2,(H,26,27,31)/t16-/m0/s1. The van der Waals surface area contributed by atoms with Crippen molar-refractivity contribution in [1.82, 2.24) is 14.2 Å². The Morgan fingerprint density at radius 1 is 1.14 bits per heavy atom. The van der Waals surface area contributed by atoms with Crippen LogP contribution in [0.25, 0.3) is 0 Å². The predicted molar refractivity (Wildman–Crippen MR) is 123 cm³/mol. The van der Waals surface area contributed by atoms with E-state index in [0.717, 1.165) is 36.4 Å². The number of anilines is 1.